The molecule has 1 fully saturated rings. The Morgan fingerprint density at radius 1 is 1.43 bits per heavy atom. The molecule has 0 aromatic rings. The normalized spacial score (nSPS) is 20.3. The lowest BCUT2D eigenvalue weighted by atomic mass is 9.85. The molecule has 0 saturated heterocycles. The highest BCUT2D eigenvalue weighted by Gasteiger charge is 2.33. The molecule has 0 bridgehead atoms. The van der Waals surface area contributed by atoms with Crippen LogP contribution in [0.4, 0.5) is 0 Å². The van der Waals surface area contributed by atoms with Gasteiger partial charge in [-0.3, -0.25) is 4.79 Å². The predicted octanol–water partition coefficient (Wildman–Crippen LogP) is 2.01. The molecule has 0 atom stereocenters. The van der Waals surface area contributed by atoms with Gasteiger partial charge in [-0.1, -0.05) is 6.58 Å². The van der Waals surface area contributed by atoms with Crippen LogP contribution >= 0.6 is 0 Å². The predicted molar refractivity (Wildman–Crippen MR) is 52.8 cm³/mol. The highest BCUT2D eigenvalue weighted by Crippen LogP contribution is 2.29. The summed E-state index contributed by atoms with van der Waals surface area (Å²) in [5.74, 6) is -0.101. The molecule has 1 rings (SSSR count). The largest absolute Gasteiger partial charge is 0.456 e. The number of carbonyl (C=O) groups excluding carboxylic acids is 2. The zero-order valence-electron chi connectivity index (χ0n) is 8.76. The second kappa shape index (κ2) is 3.95. The molecule has 0 radical (unpaired) electrons. The summed E-state index contributed by atoms with van der Waals surface area (Å²) in [7, 11) is 0. The minimum atomic E-state index is -0.468. The van der Waals surface area contributed by atoms with E-state index in [2.05, 4.69) is 6.58 Å². The first-order valence-electron chi connectivity index (χ1n) is 4.83. The van der Waals surface area contributed by atoms with E-state index in [4.69, 9.17) is 4.74 Å². The molecule has 1 aliphatic carbocycles. The number of Topliss-reactive ketones (excluding diaryl/α,β-unsaturated/α-hetero) is 1. The zero-order chi connectivity index (χ0) is 10.8. The lowest BCUT2D eigenvalue weighted by Gasteiger charge is -2.32. The molecule has 0 amide bonds. The molecule has 0 unspecified atom stereocenters. The van der Waals surface area contributed by atoms with Crippen molar-refractivity contribution in [2.75, 3.05) is 0 Å². The maximum atomic E-state index is 11.3. The molecule has 1 aliphatic rings. The molecule has 0 heterocycles. The summed E-state index contributed by atoms with van der Waals surface area (Å²) in [5, 5.41) is 0. The Morgan fingerprint density at radius 3 is 2.36 bits per heavy atom. The second-order valence-corrected chi connectivity index (χ2v) is 4.16. The molecular weight excluding hydrogens is 180 g/mol. The Morgan fingerprint density at radius 2 is 1.93 bits per heavy atom. The van der Waals surface area contributed by atoms with Crippen molar-refractivity contribution in [3.63, 3.8) is 0 Å². The van der Waals surface area contributed by atoms with Gasteiger partial charge in [-0.15, -0.1) is 0 Å². The highest BCUT2D eigenvalue weighted by molar-refractivity contribution is 5.87. The number of esters is 1. The van der Waals surface area contributed by atoms with Crippen LogP contribution in [-0.2, 0) is 14.3 Å². The van der Waals surface area contributed by atoms with E-state index in [1.54, 1.807) is 6.92 Å². The van der Waals surface area contributed by atoms with Crippen molar-refractivity contribution in [2.45, 2.75) is 45.1 Å². The Bertz CT molecular complexity index is 268. The van der Waals surface area contributed by atoms with Crippen molar-refractivity contribution in [1.82, 2.24) is 0 Å². The molecule has 0 aromatic carbocycles. The van der Waals surface area contributed by atoms with Gasteiger partial charge >= 0.3 is 5.97 Å². The van der Waals surface area contributed by atoms with E-state index < -0.39 is 5.60 Å². The van der Waals surface area contributed by atoms with E-state index in [1.807, 2.05) is 6.92 Å². The first-order valence-corrected chi connectivity index (χ1v) is 4.83. The van der Waals surface area contributed by atoms with Crippen LogP contribution in [0.1, 0.15) is 39.5 Å². The van der Waals surface area contributed by atoms with Crippen LogP contribution in [0.15, 0.2) is 12.2 Å². The van der Waals surface area contributed by atoms with Crippen molar-refractivity contribution in [1.29, 1.82) is 0 Å². The Hall–Kier alpha value is -1.12. The maximum Gasteiger partial charge on any atom is 0.333 e. The van der Waals surface area contributed by atoms with Crippen LogP contribution in [0.2, 0.25) is 0 Å². The molecule has 14 heavy (non-hydrogen) atoms. The van der Waals surface area contributed by atoms with Crippen LogP contribution in [0.5, 0.6) is 0 Å². The summed E-state index contributed by atoms with van der Waals surface area (Å²) >= 11 is 0. The Kier molecular flexibility index (Phi) is 3.09. The zero-order valence-corrected chi connectivity index (χ0v) is 8.76. The smallest absolute Gasteiger partial charge is 0.333 e. The maximum absolute atomic E-state index is 11.3. The lowest BCUT2D eigenvalue weighted by Crippen LogP contribution is -2.36. The van der Waals surface area contributed by atoms with E-state index in [1.165, 1.54) is 0 Å². The van der Waals surface area contributed by atoms with Crippen LogP contribution in [-0.4, -0.2) is 17.4 Å². The summed E-state index contributed by atoms with van der Waals surface area (Å²) in [6, 6.07) is 0. The summed E-state index contributed by atoms with van der Waals surface area (Å²) in [6.45, 7) is 7.03. The standard InChI is InChI=1S/C11H16O3/c1-8(2)10(13)14-11(3)6-4-9(12)5-7-11/h1,4-7H2,2-3H3. The quantitative estimate of drug-likeness (QED) is 0.501. The van der Waals surface area contributed by atoms with Crippen molar-refractivity contribution in [3.8, 4) is 0 Å². The van der Waals surface area contributed by atoms with Gasteiger partial charge in [-0.2, -0.15) is 0 Å². The fourth-order valence-corrected chi connectivity index (χ4v) is 1.47. The van der Waals surface area contributed by atoms with E-state index in [0.717, 1.165) is 0 Å². The van der Waals surface area contributed by atoms with Gasteiger partial charge in [0.05, 0.1) is 0 Å². The third kappa shape index (κ3) is 2.69. The molecule has 0 aliphatic heterocycles. The van der Waals surface area contributed by atoms with Crippen LogP contribution in [0.3, 0.4) is 0 Å². The third-order valence-electron chi connectivity index (χ3n) is 2.55. The molecule has 0 aromatic heterocycles. The fraction of sp³-hybridized carbons (Fsp3) is 0.636. The number of hydrogen-bond acceptors (Lipinski definition) is 3. The number of rotatable bonds is 2. The van der Waals surface area contributed by atoms with Gasteiger partial charge in [0, 0.05) is 18.4 Å². The second-order valence-electron chi connectivity index (χ2n) is 4.16. The van der Waals surface area contributed by atoms with E-state index in [0.29, 0.717) is 31.3 Å². The molecule has 0 spiro atoms. The number of ketones is 1. The SMILES string of the molecule is C=C(C)C(=O)OC1(C)CCC(=O)CC1. The van der Waals surface area contributed by atoms with Crippen LogP contribution in [0, 0.1) is 0 Å². The van der Waals surface area contributed by atoms with Crippen molar-refractivity contribution < 1.29 is 14.3 Å². The molecule has 3 heteroatoms. The van der Waals surface area contributed by atoms with Gasteiger partial charge in [-0.25, -0.2) is 4.79 Å². The monoisotopic (exact) mass is 196 g/mol. The van der Waals surface area contributed by atoms with Gasteiger partial charge in [0.1, 0.15) is 11.4 Å². The van der Waals surface area contributed by atoms with Crippen molar-refractivity contribution in [3.05, 3.63) is 12.2 Å². The molecule has 0 N–H and O–H groups in total. The number of hydrogen-bond donors (Lipinski definition) is 0. The van der Waals surface area contributed by atoms with Gasteiger partial charge in [0.15, 0.2) is 0 Å². The highest BCUT2D eigenvalue weighted by atomic mass is 16.6. The number of ether oxygens (including phenoxy) is 1. The van der Waals surface area contributed by atoms with Crippen LogP contribution in [0.25, 0.3) is 0 Å². The van der Waals surface area contributed by atoms with Gasteiger partial charge < -0.3 is 4.74 Å². The molecular formula is C11H16O3. The Labute approximate surface area is 84.1 Å². The first kappa shape index (κ1) is 11.0. The van der Waals surface area contributed by atoms with Crippen LogP contribution < -0.4 is 0 Å². The Balaban J connectivity index is 2.54. The molecule has 1 saturated carbocycles. The summed E-state index contributed by atoms with van der Waals surface area (Å²) in [4.78, 5) is 22.3. The molecule has 78 valence electrons. The summed E-state index contributed by atoms with van der Waals surface area (Å²) in [5.41, 5.74) is -0.0626. The minimum absolute atomic E-state index is 0.258. The third-order valence-corrected chi connectivity index (χ3v) is 2.55. The van der Waals surface area contributed by atoms with Gasteiger partial charge in [-0.05, 0) is 26.7 Å². The topological polar surface area (TPSA) is 43.4 Å². The van der Waals surface area contributed by atoms with Crippen molar-refractivity contribution in [2.24, 2.45) is 0 Å². The fourth-order valence-electron chi connectivity index (χ4n) is 1.47. The lowest BCUT2D eigenvalue weighted by molar-refractivity contribution is -0.158. The average Bonchev–Trinajstić information content (AvgIpc) is 2.10. The van der Waals surface area contributed by atoms with E-state index in [-0.39, 0.29) is 11.8 Å². The van der Waals surface area contributed by atoms with E-state index in [9.17, 15) is 9.59 Å². The minimum Gasteiger partial charge on any atom is -0.456 e. The first-order chi connectivity index (χ1) is 6.43. The van der Waals surface area contributed by atoms with Crippen molar-refractivity contribution >= 4 is 11.8 Å². The average molecular weight is 196 g/mol. The van der Waals surface area contributed by atoms with E-state index >= 15 is 0 Å². The summed E-state index contributed by atoms with van der Waals surface area (Å²) < 4.78 is 5.30. The van der Waals surface area contributed by atoms with Gasteiger partial charge in [0.2, 0.25) is 0 Å². The number of carbonyl (C=O) groups is 2. The van der Waals surface area contributed by atoms with Gasteiger partial charge in [0.25, 0.3) is 0 Å². The summed E-state index contributed by atoms with van der Waals surface area (Å²) in [6.07, 6.45) is 2.29. The molecule has 3 nitrogen and oxygen atoms in total.